The lowest BCUT2D eigenvalue weighted by Gasteiger charge is -2.12. The number of hydrogen-bond acceptors (Lipinski definition) is 6. The number of carbonyl (C=O) groups is 1. The summed E-state index contributed by atoms with van der Waals surface area (Å²) in [5, 5.41) is 16.1. The molecule has 8 nitrogen and oxygen atoms in total. The summed E-state index contributed by atoms with van der Waals surface area (Å²) >= 11 is 0. The third kappa shape index (κ3) is 4.78. The molecule has 1 rings (SSSR count). The average molecular weight is 314 g/mol. The molecule has 1 aromatic rings. The highest BCUT2D eigenvalue weighted by Crippen LogP contribution is 2.19. The second-order valence-corrected chi connectivity index (χ2v) is 6.20. The topological polar surface area (TPSA) is 114 Å². The highest BCUT2D eigenvalue weighted by Gasteiger charge is 2.18. The van der Waals surface area contributed by atoms with Crippen LogP contribution in [0.2, 0.25) is 0 Å². The molecule has 0 bridgehead atoms. The maximum absolute atomic E-state index is 12.1. The van der Waals surface area contributed by atoms with Gasteiger partial charge < -0.3 is 10.6 Å². The third-order valence-electron chi connectivity index (χ3n) is 2.79. The standard InChI is InChI=1S/C12H18N4O4S/c1-4-13-11-10(5-9(7-14-11)16(18)19)12(17)15-6-8(2)21(3)20/h5,7-8H,4,6H2,1-3H3,(H,13,14)(H,15,17). The Morgan fingerprint density at radius 3 is 2.76 bits per heavy atom. The van der Waals surface area contributed by atoms with Crippen molar-refractivity contribution in [2.75, 3.05) is 24.7 Å². The van der Waals surface area contributed by atoms with Crippen LogP contribution in [0, 0.1) is 10.1 Å². The number of nitrogens with zero attached hydrogens (tertiary/aromatic N) is 2. The molecule has 21 heavy (non-hydrogen) atoms. The van der Waals surface area contributed by atoms with Gasteiger partial charge >= 0.3 is 0 Å². The summed E-state index contributed by atoms with van der Waals surface area (Å²) in [5.41, 5.74) is -0.158. The SMILES string of the molecule is CCNc1ncc([N+](=O)[O-])cc1C(=O)NCC(C)S(C)=O. The van der Waals surface area contributed by atoms with Crippen LogP contribution >= 0.6 is 0 Å². The fourth-order valence-corrected chi connectivity index (χ4v) is 1.80. The Labute approximate surface area is 124 Å². The van der Waals surface area contributed by atoms with E-state index in [1.807, 2.05) is 6.92 Å². The monoisotopic (exact) mass is 314 g/mol. The summed E-state index contributed by atoms with van der Waals surface area (Å²) in [6.45, 7) is 4.32. The predicted octanol–water partition coefficient (Wildman–Crippen LogP) is 0.918. The van der Waals surface area contributed by atoms with Crippen LogP contribution < -0.4 is 10.6 Å². The van der Waals surface area contributed by atoms with E-state index < -0.39 is 21.6 Å². The zero-order valence-electron chi connectivity index (χ0n) is 12.1. The maximum atomic E-state index is 12.1. The quantitative estimate of drug-likeness (QED) is 0.571. The molecule has 0 aromatic carbocycles. The van der Waals surface area contributed by atoms with Crippen LogP contribution in [0.5, 0.6) is 0 Å². The van der Waals surface area contributed by atoms with E-state index in [1.165, 1.54) is 6.07 Å². The largest absolute Gasteiger partial charge is 0.370 e. The fraction of sp³-hybridized carbons (Fsp3) is 0.500. The highest BCUT2D eigenvalue weighted by molar-refractivity contribution is 7.84. The van der Waals surface area contributed by atoms with Crippen molar-refractivity contribution in [3.8, 4) is 0 Å². The van der Waals surface area contributed by atoms with E-state index in [-0.39, 0.29) is 28.9 Å². The van der Waals surface area contributed by atoms with Gasteiger partial charge in [-0.25, -0.2) is 4.98 Å². The molecule has 0 radical (unpaired) electrons. The minimum atomic E-state index is -1.06. The van der Waals surface area contributed by atoms with E-state index in [1.54, 1.807) is 13.2 Å². The molecular formula is C12H18N4O4S. The van der Waals surface area contributed by atoms with Crippen molar-refractivity contribution in [2.45, 2.75) is 19.1 Å². The first-order chi connectivity index (χ1) is 9.86. The van der Waals surface area contributed by atoms with Gasteiger partial charge in [0.25, 0.3) is 11.6 Å². The second-order valence-electron chi connectivity index (χ2n) is 4.40. The Morgan fingerprint density at radius 2 is 2.24 bits per heavy atom. The van der Waals surface area contributed by atoms with Crippen LogP contribution in [0.25, 0.3) is 0 Å². The smallest absolute Gasteiger partial charge is 0.288 e. The number of pyridine rings is 1. The predicted molar refractivity (Wildman–Crippen MR) is 80.9 cm³/mol. The van der Waals surface area contributed by atoms with Crippen molar-refractivity contribution in [2.24, 2.45) is 0 Å². The number of aromatic nitrogens is 1. The molecule has 2 N–H and O–H groups in total. The van der Waals surface area contributed by atoms with Gasteiger partial charge in [-0.05, 0) is 13.8 Å². The molecule has 1 amide bonds. The molecule has 0 aliphatic heterocycles. The molecule has 2 atom stereocenters. The summed E-state index contributed by atoms with van der Waals surface area (Å²) in [6.07, 6.45) is 2.65. The third-order valence-corrected chi connectivity index (χ3v) is 4.09. The van der Waals surface area contributed by atoms with Crippen molar-refractivity contribution < 1.29 is 13.9 Å². The Kier molecular flexibility index (Phi) is 6.22. The van der Waals surface area contributed by atoms with E-state index >= 15 is 0 Å². The molecule has 2 unspecified atom stereocenters. The molecule has 0 aliphatic carbocycles. The summed E-state index contributed by atoms with van der Waals surface area (Å²) in [7, 11) is -1.06. The number of rotatable bonds is 7. The molecule has 0 saturated heterocycles. The molecule has 116 valence electrons. The molecule has 9 heteroatoms. The first kappa shape index (κ1) is 17.0. The Hall–Kier alpha value is -2.03. The van der Waals surface area contributed by atoms with Gasteiger partial charge in [0.1, 0.15) is 12.0 Å². The van der Waals surface area contributed by atoms with E-state index in [0.717, 1.165) is 6.20 Å². The highest BCUT2D eigenvalue weighted by atomic mass is 32.2. The number of carbonyl (C=O) groups excluding carboxylic acids is 1. The van der Waals surface area contributed by atoms with Crippen molar-refractivity contribution in [3.05, 3.63) is 27.9 Å². The molecule has 1 aromatic heterocycles. The van der Waals surface area contributed by atoms with Gasteiger partial charge in [0, 0.05) is 41.5 Å². The lowest BCUT2D eigenvalue weighted by Crippen LogP contribution is -2.33. The van der Waals surface area contributed by atoms with Crippen LogP contribution in [-0.2, 0) is 10.8 Å². The zero-order chi connectivity index (χ0) is 16.0. The fourth-order valence-electron chi connectivity index (χ4n) is 1.48. The number of nitrogens with one attached hydrogen (secondary N) is 2. The first-order valence-corrected chi connectivity index (χ1v) is 7.97. The summed E-state index contributed by atoms with van der Waals surface area (Å²) in [5.74, 6) is -0.203. The molecule has 0 spiro atoms. The Bertz CT molecular complexity index is 564. The van der Waals surface area contributed by atoms with E-state index in [0.29, 0.717) is 6.54 Å². The lowest BCUT2D eigenvalue weighted by molar-refractivity contribution is -0.385. The minimum absolute atomic E-state index is 0.0973. The van der Waals surface area contributed by atoms with Gasteiger partial charge in [-0.1, -0.05) is 0 Å². The second kappa shape index (κ2) is 7.67. The van der Waals surface area contributed by atoms with Gasteiger partial charge in [-0.3, -0.25) is 19.1 Å². The van der Waals surface area contributed by atoms with Crippen molar-refractivity contribution in [1.82, 2.24) is 10.3 Å². The van der Waals surface area contributed by atoms with Gasteiger partial charge in [-0.15, -0.1) is 0 Å². The van der Waals surface area contributed by atoms with E-state index in [2.05, 4.69) is 15.6 Å². The van der Waals surface area contributed by atoms with Gasteiger partial charge in [0.15, 0.2) is 0 Å². The van der Waals surface area contributed by atoms with E-state index in [9.17, 15) is 19.1 Å². The summed E-state index contributed by atoms with van der Waals surface area (Å²) in [6, 6.07) is 1.17. The van der Waals surface area contributed by atoms with Crippen molar-refractivity contribution >= 4 is 28.2 Å². The molecule has 0 fully saturated rings. The Morgan fingerprint density at radius 1 is 1.57 bits per heavy atom. The number of hydrogen-bond donors (Lipinski definition) is 2. The average Bonchev–Trinajstić information content (AvgIpc) is 2.44. The van der Waals surface area contributed by atoms with Crippen LogP contribution in [0.1, 0.15) is 24.2 Å². The van der Waals surface area contributed by atoms with Crippen molar-refractivity contribution in [1.29, 1.82) is 0 Å². The number of amides is 1. The summed E-state index contributed by atoms with van der Waals surface area (Å²) in [4.78, 5) is 26.2. The lowest BCUT2D eigenvalue weighted by atomic mass is 10.2. The van der Waals surface area contributed by atoms with Crippen LogP contribution in [0.4, 0.5) is 11.5 Å². The number of anilines is 1. The van der Waals surface area contributed by atoms with Gasteiger partial charge in [0.05, 0.1) is 10.5 Å². The van der Waals surface area contributed by atoms with E-state index in [4.69, 9.17) is 0 Å². The zero-order valence-corrected chi connectivity index (χ0v) is 12.9. The number of nitro groups is 1. The molecule has 1 heterocycles. The Balaban J connectivity index is 2.96. The van der Waals surface area contributed by atoms with Gasteiger partial charge in [0.2, 0.25) is 0 Å². The molecule has 0 aliphatic rings. The van der Waals surface area contributed by atoms with Crippen molar-refractivity contribution in [3.63, 3.8) is 0 Å². The van der Waals surface area contributed by atoms with Gasteiger partial charge in [-0.2, -0.15) is 0 Å². The molecule has 0 saturated carbocycles. The minimum Gasteiger partial charge on any atom is -0.370 e. The summed E-state index contributed by atoms with van der Waals surface area (Å²) < 4.78 is 11.3. The van der Waals surface area contributed by atoms with Crippen LogP contribution in [-0.4, -0.2) is 44.6 Å². The normalized spacial score (nSPS) is 13.3. The van der Waals surface area contributed by atoms with Crippen LogP contribution in [0.3, 0.4) is 0 Å². The molecular weight excluding hydrogens is 296 g/mol. The van der Waals surface area contributed by atoms with Crippen LogP contribution in [0.15, 0.2) is 12.3 Å². The first-order valence-electron chi connectivity index (χ1n) is 6.35. The maximum Gasteiger partial charge on any atom is 0.288 e.